The van der Waals surface area contributed by atoms with E-state index in [0.29, 0.717) is 6.61 Å². The highest BCUT2D eigenvalue weighted by Gasteiger charge is 2.43. The number of nitrogens with one attached hydrogen (secondary N) is 2. The van der Waals surface area contributed by atoms with Gasteiger partial charge in [-0.3, -0.25) is 4.79 Å². The molecular weight excluding hydrogens is 324 g/mol. The van der Waals surface area contributed by atoms with Crippen molar-refractivity contribution in [3.05, 3.63) is 29.4 Å². The lowest BCUT2D eigenvalue weighted by Gasteiger charge is -2.45. The molecule has 1 amide bonds. The zero-order chi connectivity index (χ0) is 16.5. The Morgan fingerprint density at radius 2 is 2.21 bits per heavy atom. The topological polar surface area (TPSA) is 70.2 Å². The maximum Gasteiger partial charge on any atom is 0.265 e. The lowest BCUT2D eigenvalue weighted by Crippen LogP contribution is -2.61. The van der Waals surface area contributed by atoms with Gasteiger partial charge in [-0.15, -0.1) is 11.3 Å². The van der Waals surface area contributed by atoms with Crippen molar-refractivity contribution in [1.82, 2.24) is 15.3 Å². The molecule has 122 valence electrons. The number of H-pyrrole nitrogens is 1. The van der Waals surface area contributed by atoms with Crippen LogP contribution in [0.3, 0.4) is 0 Å². The second-order valence-corrected chi connectivity index (χ2v) is 7.57. The fraction of sp³-hybridized carbons (Fsp3) is 0.294. The Hall–Kier alpha value is -2.54. The third kappa shape index (κ3) is 1.70. The minimum Gasteiger partial charge on any atom is -0.488 e. The fourth-order valence-electron chi connectivity index (χ4n) is 3.59. The molecule has 0 fully saturated rings. The maximum absolute atomic E-state index is 12.6. The van der Waals surface area contributed by atoms with Crippen LogP contribution in [-0.2, 0) is 0 Å². The van der Waals surface area contributed by atoms with E-state index < -0.39 is 5.66 Å². The standard InChI is InChI=1S/C17H16N4O2S/c1-17(2)20-16(22)14-11-12(23-8-7-21(11)17)13(24-14)9-3-5-18-15-10(9)4-6-19-15/h3-6H,7-8H2,1-2H3,(H,18,19)(H,20,22). The van der Waals surface area contributed by atoms with Crippen LogP contribution in [0.5, 0.6) is 5.75 Å². The van der Waals surface area contributed by atoms with Crippen LogP contribution in [0.4, 0.5) is 5.69 Å². The number of aromatic amines is 1. The van der Waals surface area contributed by atoms with Crippen LogP contribution in [0.25, 0.3) is 21.5 Å². The highest BCUT2D eigenvalue weighted by atomic mass is 32.1. The van der Waals surface area contributed by atoms with Gasteiger partial charge in [-0.05, 0) is 26.0 Å². The van der Waals surface area contributed by atoms with E-state index in [0.717, 1.165) is 44.3 Å². The Morgan fingerprint density at radius 3 is 3.08 bits per heavy atom. The number of pyridine rings is 1. The Labute approximate surface area is 142 Å². The molecule has 2 N–H and O–H groups in total. The van der Waals surface area contributed by atoms with Gasteiger partial charge in [-0.1, -0.05) is 0 Å². The summed E-state index contributed by atoms with van der Waals surface area (Å²) in [7, 11) is 0. The van der Waals surface area contributed by atoms with Crippen LogP contribution >= 0.6 is 11.3 Å². The molecule has 0 spiro atoms. The Kier molecular flexibility index (Phi) is 2.60. The molecule has 0 atom stereocenters. The zero-order valence-electron chi connectivity index (χ0n) is 13.3. The van der Waals surface area contributed by atoms with Gasteiger partial charge in [0.2, 0.25) is 0 Å². The van der Waals surface area contributed by atoms with Crippen LogP contribution < -0.4 is 15.0 Å². The minimum absolute atomic E-state index is 0.0337. The molecule has 0 aromatic carbocycles. The molecule has 0 unspecified atom stereocenters. The first-order chi connectivity index (χ1) is 11.6. The first-order valence-corrected chi connectivity index (χ1v) is 8.70. The van der Waals surface area contributed by atoms with Crippen molar-refractivity contribution in [3.8, 4) is 16.2 Å². The Morgan fingerprint density at radius 1 is 1.33 bits per heavy atom. The van der Waals surface area contributed by atoms with E-state index in [1.165, 1.54) is 11.3 Å². The van der Waals surface area contributed by atoms with Gasteiger partial charge in [0, 0.05) is 23.3 Å². The van der Waals surface area contributed by atoms with Gasteiger partial charge < -0.3 is 19.9 Å². The zero-order valence-corrected chi connectivity index (χ0v) is 14.2. The summed E-state index contributed by atoms with van der Waals surface area (Å²) < 4.78 is 6.02. The van der Waals surface area contributed by atoms with Crippen molar-refractivity contribution in [2.75, 3.05) is 18.1 Å². The van der Waals surface area contributed by atoms with Crippen LogP contribution in [0, 0.1) is 0 Å². The van der Waals surface area contributed by atoms with Crippen molar-refractivity contribution in [2.45, 2.75) is 19.5 Å². The van der Waals surface area contributed by atoms with Crippen LogP contribution in [0.2, 0.25) is 0 Å². The largest absolute Gasteiger partial charge is 0.488 e. The van der Waals surface area contributed by atoms with Crippen LogP contribution in [0.1, 0.15) is 23.5 Å². The van der Waals surface area contributed by atoms with E-state index in [-0.39, 0.29) is 5.91 Å². The first kappa shape index (κ1) is 13.9. The number of amides is 1. The van der Waals surface area contributed by atoms with E-state index in [1.807, 2.05) is 32.2 Å². The molecule has 0 saturated heterocycles. The summed E-state index contributed by atoms with van der Waals surface area (Å²) in [6.45, 7) is 5.42. The number of anilines is 1. The summed E-state index contributed by atoms with van der Waals surface area (Å²) >= 11 is 1.49. The second-order valence-electron chi connectivity index (χ2n) is 6.55. The number of hydrogen-bond acceptors (Lipinski definition) is 5. The van der Waals surface area contributed by atoms with Crippen molar-refractivity contribution >= 4 is 34.0 Å². The van der Waals surface area contributed by atoms with Gasteiger partial charge in [0.25, 0.3) is 5.91 Å². The van der Waals surface area contributed by atoms with Crippen LogP contribution in [-0.4, -0.2) is 34.7 Å². The lowest BCUT2D eigenvalue weighted by molar-refractivity contribution is 0.0895. The van der Waals surface area contributed by atoms with E-state index in [9.17, 15) is 4.79 Å². The highest BCUT2D eigenvalue weighted by Crippen LogP contribution is 2.53. The molecule has 3 aromatic heterocycles. The number of fused-ring (bicyclic) bond motifs is 1. The number of nitrogens with zero attached hydrogens (tertiary/aromatic N) is 2. The number of ether oxygens (including phenoxy) is 1. The van der Waals surface area contributed by atoms with Crippen LogP contribution in [0.15, 0.2) is 24.5 Å². The van der Waals surface area contributed by atoms with Crippen molar-refractivity contribution < 1.29 is 9.53 Å². The second kappa shape index (κ2) is 4.51. The van der Waals surface area contributed by atoms with Crippen molar-refractivity contribution in [3.63, 3.8) is 0 Å². The number of hydrogen-bond donors (Lipinski definition) is 2. The molecule has 3 aromatic rings. The SMILES string of the molecule is CC1(C)NC(=O)c2sc(-c3ccnc4[nH]ccc34)c3c2N1CCO3. The molecule has 5 heterocycles. The predicted octanol–water partition coefficient (Wildman–Crippen LogP) is 2.97. The first-order valence-electron chi connectivity index (χ1n) is 7.88. The van der Waals surface area contributed by atoms with E-state index in [1.54, 1.807) is 6.20 Å². The lowest BCUT2D eigenvalue weighted by atomic mass is 10.0. The van der Waals surface area contributed by atoms with Gasteiger partial charge in [0.05, 0.1) is 11.4 Å². The third-order valence-electron chi connectivity index (χ3n) is 4.68. The molecule has 2 aliphatic rings. The van der Waals surface area contributed by atoms with Gasteiger partial charge >= 0.3 is 0 Å². The normalized spacial score (nSPS) is 18.2. The molecule has 0 aliphatic carbocycles. The number of rotatable bonds is 1. The molecule has 0 bridgehead atoms. The van der Waals surface area contributed by atoms with Gasteiger partial charge in [0.15, 0.2) is 5.75 Å². The van der Waals surface area contributed by atoms with Gasteiger partial charge in [-0.25, -0.2) is 4.98 Å². The summed E-state index contributed by atoms with van der Waals surface area (Å²) in [5, 5.41) is 4.13. The molecule has 5 rings (SSSR count). The summed E-state index contributed by atoms with van der Waals surface area (Å²) in [6, 6.07) is 3.99. The molecule has 2 aliphatic heterocycles. The number of thiophene rings is 1. The summed E-state index contributed by atoms with van der Waals surface area (Å²) in [5.74, 6) is 0.784. The average molecular weight is 340 g/mol. The fourth-order valence-corrected chi connectivity index (χ4v) is 4.77. The molecule has 7 heteroatoms. The van der Waals surface area contributed by atoms with Crippen molar-refractivity contribution in [2.24, 2.45) is 0 Å². The quantitative estimate of drug-likeness (QED) is 0.714. The number of carbonyl (C=O) groups excluding carboxylic acids is 1. The summed E-state index contributed by atoms with van der Waals surface area (Å²) in [5.41, 5.74) is 2.39. The van der Waals surface area contributed by atoms with Gasteiger partial charge in [0.1, 0.15) is 28.5 Å². The molecule has 0 radical (unpaired) electrons. The Balaban J connectivity index is 1.80. The van der Waals surface area contributed by atoms with Crippen molar-refractivity contribution in [1.29, 1.82) is 0 Å². The minimum atomic E-state index is -0.414. The smallest absolute Gasteiger partial charge is 0.265 e. The van der Waals surface area contributed by atoms with E-state index in [4.69, 9.17) is 4.74 Å². The predicted molar refractivity (Wildman–Crippen MR) is 93.8 cm³/mol. The third-order valence-corrected chi connectivity index (χ3v) is 5.87. The molecule has 24 heavy (non-hydrogen) atoms. The monoisotopic (exact) mass is 340 g/mol. The highest BCUT2D eigenvalue weighted by molar-refractivity contribution is 7.18. The number of carbonyl (C=O) groups is 1. The van der Waals surface area contributed by atoms with E-state index >= 15 is 0 Å². The molecule has 0 saturated carbocycles. The number of aromatic nitrogens is 2. The molecular formula is C17H16N4O2S. The summed E-state index contributed by atoms with van der Waals surface area (Å²) in [6.07, 6.45) is 3.66. The summed E-state index contributed by atoms with van der Waals surface area (Å²) in [4.78, 5) is 24.0. The maximum atomic E-state index is 12.6. The van der Waals surface area contributed by atoms with Gasteiger partial charge in [-0.2, -0.15) is 0 Å². The Bertz CT molecular complexity index is 988. The molecule has 6 nitrogen and oxygen atoms in total. The van der Waals surface area contributed by atoms with E-state index in [2.05, 4.69) is 20.2 Å². The average Bonchev–Trinajstić information content (AvgIpc) is 3.17.